The van der Waals surface area contributed by atoms with Gasteiger partial charge >= 0.3 is 0 Å². The van der Waals surface area contributed by atoms with Crippen LogP contribution in [-0.4, -0.2) is 36.2 Å². The van der Waals surface area contributed by atoms with Gasteiger partial charge in [-0.2, -0.15) is 0 Å². The lowest BCUT2D eigenvalue weighted by atomic mass is 9.70. The Labute approximate surface area is 362 Å². The van der Waals surface area contributed by atoms with Gasteiger partial charge in [0.2, 0.25) is 0 Å². The van der Waals surface area contributed by atoms with Crippen LogP contribution in [0, 0.1) is 16.7 Å². The summed E-state index contributed by atoms with van der Waals surface area (Å²) in [7, 11) is 0. The average molecular weight is 815 g/mol. The van der Waals surface area contributed by atoms with Crippen molar-refractivity contribution in [2.75, 3.05) is 0 Å². The second-order valence-electron chi connectivity index (χ2n) is 15.5. The molecule has 6 aromatic carbocycles. The van der Waals surface area contributed by atoms with Gasteiger partial charge in [0.05, 0.1) is 0 Å². The predicted molar refractivity (Wildman–Crippen MR) is 246 cm³/mol. The van der Waals surface area contributed by atoms with Crippen molar-refractivity contribution in [3.05, 3.63) is 215 Å². The lowest BCUT2D eigenvalue weighted by molar-refractivity contribution is -0.128. The first-order chi connectivity index (χ1) is 29.5. The topological polar surface area (TPSA) is 102 Å². The molecule has 2 bridgehead atoms. The molecule has 314 valence electrons. The molecule has 2 fully saturated rings. The summed E-state index contributed by atoms with van der Waals surface area (Å²) in [6, 6.07) is 56.6. The maximum absolute atomic E-state index is 11.8. The Morgan fingerprint density at radius 2 is 0.967 bits per heavy atom. The molecule has 6 heteroatoms. The van der Waals surface area contributed by atoms with Crippen LogP contribution in [0.2, 0.25) is 0 Å². The highest BCUT2D eigenvalue weighted by Gasteiger charge is 2.61. The zero-order chi connectivity index (χ0) is 44.4. The molecule has 0 heterocycles. The molecular weight excluding hydrogens is 757 g/mol. The smallest absolute Gasteiger partial charge is 0.193 e. The van der Waals surface area contributed by atoms with E-state index < -0.39 is 0 Å². The van der Waals surface area contributed by atoms with E-state index >= 15 is 0 Å². The molecule has 0 amide bonds. The lowest BCUT2D eigenvalue weighted by Crippen LogP contribution is -2.32. The van der Waals surface area contributed by atoms with Crippen molar-refractivity contribution >= 4 is 36.2 Å². The summed E-state index contributed by atoms with van der Waals surface area (Å²) in [5, 5.41) is 0. The van der Waals surface area contributed by atoms with Crippen molar-refractivity contribution < 1.29 is 28.8 Å². The van der Waals surface area contributed by atoms with Gasteiger partial charge in [0, 0.05) is 46.9 Å². The summed E-state index contributed by atoms with van der Waals surface area (Å²) in [6.07, 6.45) is 7.97. The van der Waals surface area contributed by atoms with E-state index in [1.807, 2.05) is 170 Å². The first kappa shape index (κ1) is 48.7. The van der Waals surface area contributed by atoms with Crippen molar-refractivity contribution in [3.8, 4) is 0 Å². The third-order valence-electron chi connectivity index (χ3n) is 11.2. The van der Waals surface area contributed by atoms with Crippen LogP contribution in [0.15, 0.2) is 182 Å². The number of carbonyl (C=O) groups excluding carboxylic acids is 6. The van der Waals surface area contributed by atoms with Gasteiger partial charge in [0.15, 0.2) is 11.6 Å². The SMILES string of the molecule is CC(=O)c1ccccc1.CC12CCC(CC1=O)C2(C)C.O=C(c1ccccc1)c1ccccc1.O=CCCc1ccccc1.O=CCc1ccccc1.O=Cc1ccccc1. The summed E-state index contributed by atoms with van der Waals surface area (Å²) in [6.45, 7) is 8.24. The Balaban J connectivity index is 0.000000197. The van der Waals surface area contributed by atoms with Crippen LogP contribution in [0.25, 0.3) is 0 Å². The van der Waals surface area contributed by atoms with Crippen molar-refractivity contribution in [3.63, 3.8) is 0 Å². The fourth-order valence-electron chi connectivity index (χ4n) is 7.03. The van der Waals surface area contributed by atoms with E-state index in [1.165, 1.54) is 12.0 Å². The number of aryl methyl sites for hydroxylation is 1. The van der Waals surface area contributed by atoms with Crippen LogP contribution in [0.4, 0.5) is 0 Å². The van der Waals surface area contributed by atoms with Gasteiger partial charge in [-0.1, -0.05) is 203 Å². The second kappa shape index (κ2) is 26.4. The molecule has 2 unspecified atom stereocenters. The number of aldehydes is 3. The van der Waals surface area contributed by atoms with Crippen LogP contribution in [0.1, 0.15) is 101 Å². The Morgan fingerprint density at radius 3 is 1.26 bits per heavy atom. The summed E-state index contributed by atoms with van der Waals surface area (Å²) >= 11 is 0. The molecule has 2 atom stereocenters. The molecule has 0 radical (unpaired) electrons. The molecule has 0 spiro atoms. The predicted octanol–water partition coefficient (Wildman–Crippen LogP) is 12.0. The largest absolute Gasteiger partial charge is 0.303 e. The van der Waals surface area contributed by atoms with E-state index in [2.05, 4.69) is 20.8 Å². The molecule has 61 heavy (non-hydrogen) atoms. The zero-order valence-electron chi connectivity index (χ0n) is 35.8. The van der Waals surface area contributed by atoms with Crippen molar-refractivity contribution in [2.45, 2.75) is 66.2 Å². The van der Waals surface area contributed by atoms with Crippen LogP contribution in [0.5, 0.6) is 0 Å². The van der Waals surface area contributed by atoms with Gasteiger partial charge in [-0.25, -0.2) is 0 Å². The number of benzene rings is 6. The molecular formula is C55H58O6. The average Bonchev–Trinajstić information content (AvgIpc) is 3.64. The number of rotatable bonds is 9. The highest BCUT2D eigenvalue weighted by Crippen LogP contribution is 2.63. The van der Waals surface area contributed by atoms with Gasteiger partial charge in [-0.05, 0) is 48.6 Å². The fourth-order valence-corrected chi connectivity index (χ4v) is 7.03. The van der Waals surface area contributed by atoms with Crippen molar-refractivity contribution in [1.29, 1.82) is 0 Å². The highest BCUT2D eigenvalue weighted by molar-refractivity contribution is 6.08. The van der Waals surface area contributed by atoms with E-state index in [9.17, 15) is 28.8 Å². The molecule has 0 N–H and O–H groups in total. The van der Waals surface area contributed by atoms with Crippen LogP contribution in [-0.2, 0) is 27.2 Å². The van der Waals surface area contributed by atoms with Crippen molar-refractivity contribution in [1.82, 2.24) is 0 Å². The summed E-state index contributed by atoms with van der Waals surface area (Å²) in [5.41, 5.74) is 5.59. The third-order valence-corrected chi connectivity index (χ3v) is 11.2. The monoisotopic (exact) mass is 814 g/mol. The Bertz CT molecular complexity index is 2140. The number of hydrogen-bond donors (Lipinski definition) is 0. The molecule has 0 aromatic heterocycles. The van der Waals surface area contributed by atoms with Gasteiger partial charge in [0.25, 0.3) is 0 Å². The van der Waals surface area contributed by atoms with Gasteiger partial charge in [0.1, 0.15) is 24.6 Å². The van der Waals surface area contributed by atoms with Gasteiger partial charge in [-0.3, -0.25) is 19.2 Å². The zero-order valence-corrected chi connectivity index (χ0v) is 35.8. The fraction of sp³-hybridized carbons (Fsp3) is 0.236. The van der Waals surface area contributed by atoms with Crippen LogP contribution < -0.4 is 0 Å². The third kappa shape index (κ3) is 16.1. The first-order valence-electron chi connectivity index (χ1n) is 20.7. The quantitative estimate of drug-likeness (QED) is 0.106. The maximum atomic E-state index is 11.8. The van der Waals surface area contributed by atoms with E-state index in [0.717, 1.165) is 65.9 Å². The van der Waals surface area contributed by atoms with E-state index in [-0.39, 0.29) is 22.4 Å². The Kier molecular flexibility index (Phi) is 21.1. The Hall–Kier alpha value is -6.66. The summed E-state index contributed by atoms with van der Waals surface area (Å²) in [5.74, 6) is 1.39. The van der Waals surface area contributed by atoms with E-state index in [1.54, 1.807) is 19.1 Å². The van der Waals surface area contributed by atoms with Crippen LogP contribution >= 0.6 is 0 Å². The minimum atomic E-state index is 0.0255. The molecule has 6 aromatic rings. The molecule has 2 saturated carbocycles. The number of ketones is 3. The molecule has 0 saturated heterocycles. The number of hydrogen-bond acceptors (Lipinski definition) is 6. The summed E-state index contributed by atoms with van der Waals surface area (Å²) < 4.78 is 0. The minimum Gasteiger partial charge on any atom is -0.303 e. The standard InChI is InChI=1S/C13H10O.C10H16O.C9H10O.2C8H8O.C7H6O/c14-13(11-7-3-1-4-8-11)12-9-5-2-6-10-12;1-9(2)7-4-5-10(9,3)8(11)6-7;10-8-4-7-9-5-2-1-3-6-9;1-7(9)8-5-3-2-4-6-8;9-7-6-8-4-2-1-3-5-8;8-6-7-4-2-1-3-5-7/h1-10H;7H,4-6H2,1-3H3;1-3,5-6,8H,4,7H2;2-6H,1H3;1-5,7H,6H2;1-6H. The normalized spacial score (nSPS) is 15.9. The first-order valence-corrected chi connectivity index (χ1v) is 20.7. The molecule has 6 nitrogen and oxygen atoms in total. The Morgan fingerprint density at radius 1 is 0.557 bits per heavy atom. The number of Topliss-reactive ketones (excluding diaryl/α,β-unsaturated/α-hetero) is 2. The van der Waals surface area contributed by atoms with Gasteiger partial charge < -0.3 is 9.59 Å². The molecule has 2 aliphatic carbocycles. The molecule has 0 aliphatic heterocycles. The van der Waals surface area contributed by atoms with E-state index in [0.29, 0.717) is 24.5 Å². The summed E-state index contributed by atoms with van der Waals surface area (Å²) in [4.78, 5) is 64.0. The molecule has 2 aliphatic rings. The number of carbonyl (C=O) groups is 6. The minimum absolute atomic E-state index is 0.0255. The van der Waals surface area contributed by atoms with Gasteiger partial charge in [-0.15, -0.1) is 0 Å². The molecule has 8 rings (SSSR count). The van der Waals surface area contributed by atoms with E-state index in [4.69, 9.17) is 0 Å². The highest BCUT2D eigenvalue weighted by atomic mass is 16.1. The number of fused-ring (bicyclic) bond motifs is 2. The van der Waals surface area contributed by atoms with Crippen molar-refractivity contribution in [2.24, 2.45) is 16.7 Å². The lowest BCUT2D eigenvalue weighted by Gasteiger charge is -2.32. The van der Waals surface area contributed by atoms with Crippen LogP contribution in [0.3, 0.4) is 0 Å². The second-order valence-corrected chi connectivity index (χ2v) is 15.5. The maximum Gasteiger partial charge on any atom is 0.193 e.